The Balaban J connectivity index is 1.94. The Morgan fingerprint density at radius 1 is 1.32 bits per heavy atom. The Morgan fingerprint density at radius 2 is 1.91 bits per heavy atom. The molecule has 0 aliphatic carbocycles. The Labute approximate surface area is 127 Å². The zero-order valence-electron chi connectivity index (χ0n) is 12.5. The number of hydrogen-bond donors (Lipinski definition) is 1. The highest BCUT2D eigenvalue weighted by molar-refractivity contribution is 5.94. The van der Waals surface area contributed by atoms with Crippen molar-refractivity contribution in [2.24, 2.45) is 0 Å². The lowest BCUT2D eigenvalue weighted by Crippen LogP contribution is -2.47. The smallest absolute Gasteiger partial charge is 0.256 e. The summed E-state index contributed by atoms with van der Waals surface area (Å²) in [4.78, 5) is 13.7. The normalized spacial score (nSPS) is 18.3. The average molecular weight is 315 g/mol. The fraction of sp³-hybridized carbons (Fsp3) is 0.562. The molecular formula is C16H20F3NO2. The summed E-state index contributed by atoms with van der Waals surface area (Å²) >= 11 is 0. The van der Waals surface area contributed by atoms with Crippen molar-refractivity contribution >= 4 is 5.91 Å². The van der Waals surface area contributed by atoms with Gasteiger partial charge >= 0.3 is 0 Å². The van der Waals surface area contributed by atoms with Gasteiger partial charge in [-0.1, -0.05) is 12.1 Å². The summed E-state index contributed by atoms with van der Waals surface area (Å²) in [5.41, 5.74) is -1.18. The number of amides is 1. The fourth-order valence-corrected chi connectivity index (χ4v) is 2.63. The highest BCUT2D eigenvalue weighted by atomic mass is 19.3. The maximum atomic E-state index is 13.6. The van der Waals surface area contributed by atoms with Gasteiger partial charge in [-0.05, 0) is 38.3 Å². The van der Waals surface area contributed by atoms with Crippen LogP contribution in [0.25, 0.3) is 0 Å². The van der Waals surface area contributed by atoms with Crippen LogP contribution in [0.15, 0.2) is 24.3 Å². The Hall–Kier alpha value is -1.56. The molecule has 0 atom stereocenters. The monoisotopic (exact) mass is 315 g/mol. The number of aliphatic hydroxyl groups is 1. The molecule has 1 fully saturated rings. The molecular weight excluding hydrogens is 295 g/mol. The molecule has 1 aromatic rings. The first kappa shape index (κ1) is 16.8. The maximum absolute atomic E-state index is 13.6. The van der Waals surface area contributed by atoms with Gasteiger partial charge in [-0.15, -0.1) is 0 Å². The van der Waals surface area contributed by atoms with Crippen molar-refractivity contribution in [1.29, 1.82) is 0 Å². The highest BCUT2D eigenvalue weighted by Gasteiger charge is 2.36. The third-order valence-corrected chi connectivity index (χ3v) is 4.11. The van der Waals surface area contributed by atoms with Gasteiger partial charge in [0.2, 0.25) is 5.92 Å². The van der Waals surface area contributed by atoms with E-state index in [4.69, 9.17) is 0 Å². The molecule has 2 rings (SSSR count). The van der Waals surface area contributed by atoms with Gasteiger partial charge in [0.15, 0.2) is 0 Å². The third-order valence-electron chi connectivity index (χ3n) is 4.11. The molecule has 22 heavy (non-hydrogen) atoms. The molecule has 1 saturated heterocycles. The van der Waals surface area contributed by atoms with E-state index in [9.17, 15) is 23.1 Å². The van der Waals surface area contributed by atoms with Crippen molar-refractivity contribution in [3.05, 3.63) is 35.6 Å². The summed E-state index contributed by atoms with van der Waals surface area (Å²) in [5, 5.41) is 10.3. The lowest BCUT2D eigenvalue weighted by Gasteiger charge is -2.38. The summed E-state index contributed by atoms with van der Waals surface area (Å²) in [6.45, 7) is 1.30. The number of piperidine rings is 1. The minimum atomic E-state index is -2.81. The molecule has 0 saturated carbocycles. The van der Waals surface area contributed by atoms with E-state index in [0.29, 0.717) is 0 Å². The number of carbonyl (C=O) groups excluding carboxylic acids is 1. The predicted octanol–water partition coefficient (Wildman–Crippen LogP) is 3.23. The number of hydrogen-bond acceptors (Lipinski definition) is 2. The van der Waals surface area contributed by atoms with Crippen LogP contribution in [0.5, 0.6) is 0 Å². The Bertz CT molecular complexity index is 534. The first-order chi connectivity index (χ1) is 10.2. The van der Waals surface area contributed by atoms with Crippen LogP contribution in [0.2, 0.25) is 0 Å². The van der Waals surface area contributed by atoms with Crippen LogP contribution in [0, 0.1) is 5.82 Å². The zero-order valence-corrected chi connectivity index (χ0v) is 12.5. The van der Waals surface area contributed by atoms with Gasteiger partial charge in [-0.25, -0.2) is 13.2 Å². The highest BCUT2D eigenvalue weighted by Crippen LogP contribution is 2.31. The van der Waals surface area contributed by atoms with Gasteiger partial charge in [-0.2, -0.15) is 0 Å². The van der Waals surface area contributed by atoms with E-state index in [0.717, 1.165) is 6.92 Å². The summed E-state index contributed by atoms with van der Waals surface area (Å²) in [7, 11) is 0. The van der Waals surface area contributed by atoms with Gasteiger partial charge in [-0.3, -0.25) is 4.79 Å². The van der Waals surface area contributed by atoms with Crippen molar-refractivity contribution in [3.8, 4) is 0 Å². The average Bonchev–Trinajstić information content (AvgIpc) is 2.45. The van der Waals surface area contributed by atoms with E-state index in [1.165, 1.54) is 23.1 Å². The predicted molar refractivity (Wildman–Crippen MR) is 76.3 cm³/mol. The number of nitrogens with zero attached hydrogens (tertiary/aromatic N) is 1. The minimum Gasteiger partial charge on any atom is -0.390 e. The molecule has 0 aromatic heterocycles. The first-order valence-electron chi connectivity index (χ1n) is 7.34. The molecule has 6 heteroatoms. The molecule has 1 aliphatic heterocycles. The largest absolute Gasteiger partial charge is 0.390 e. The molecule has 1 heterocycles. The Kier molecular flexibility index (Phi) is 4.80. The van der Waals surface area contributed by atoms with Crippen LogP contribution >= 0.6 is 0 Å². The van der Waals surface area contributed by atoms with E-state index in [1.54, 1.807) is 6.07 Å². The topological polar surface area (TPSA) is 40.5 Å². The second kappa shape index (κ2) is 6.28. The van der Waals surface area contributed by atoms with E-state index < -0.39 is 23.2 Å². The van der Waals surface area contributed by atoms with E-state index in [-0.39, 0.29) is 44.3 Å². The van der Waals surface area contributed by atoms with Crippen LogP contribution in [-0.2, 0) is 0 Å². The van der Waals surface area contributed by atoms with E-state index in [2.05, 4.69) is 0 Å². The molecule has 0 unspecified atom stereocenters. The molecule has 1 aromatic carbocycles. The van der Waals surface area contributed by atoms with Crippen molar-refractivity contribution < 1.29 is 23.1 Å². The number of likely N-dealkylation sites (tertiary alicyclic amines) is 1. The minimum absolute atomic E-state index is 0.00176. The summed E-state index contributed by atoms with van der Waals surface area (Å²) in [5.74, 6) is -3.82. The molecule has 0 spiro atoms. The quantitative estimate of drug-likeness (QED) is 0.927. The molecule has 0 bridgehead atoms. The van der Waals surface area contributed by atoms with Crippen LogP contribution in [0.1, 0.15) is 43.0 Å². The summed E-state index contributed by atoms with van der Waals surface area (Å²) in [6, 6.07) is 5.72. The van der Waals surface area contributed by atoms with E-state index in [1.807, 2.05) is 0 Å². The second-order valence-electron chi connectivity index (χ2n) is 6.07. The zero-order chi connectivity index (χ0) is 16.4. The lowest BCUT2D eigenvalue weighted by atomic mass is 9.86. The van der Waals surface area contributed by atoms with Gasteiger partial charge in [0.25, 0.3) is 5.91 Å². The number of carbonyl (C=O) groups is 1. The Morgan fingerprint density at radius 3 is 2.45 bits per heavy atom. The van der Waals surface area contributed by atoms with Crippen LogP contribution in [0.4, 0.5) is 13.2 Å². The molecule has 1 N–H and O–H groups in total. The lowest BCUT2D eigenvalue weighted by molar-refractivity contribution is -0.0571. The van der Waals surface area contributed by atoms with Crippen LogP contribution in [0.3, 0.4) is 0 Å². The molecule has 0 radical (unpaired) electrons. The maximum Gasteiger partial charge on any atom is 0.256 e. The van der Waals surface area contributed by atoms with Crippen molar-refractivity contribution in [2.45, 2.75) is 44.1 Å². The standard InChI is InChI=1S/C16H20F3NO2/c1-15(18,19)6-7-16(22)8-10-20(11-9-16)14(21)12-4-2-3-5-13(12)17/h2-5,22H,6-11H2,1H3. The van der Waals surface area contributed by atoms with Crippen LogP contribution < -0.4 is 0 Å². The molecule has 122 valence electrons. The SMILES string of the molecule is CC(F)(F)CCC1(O)CCN(C(=O)c2ccccc2F)CC1. The van der Waals surface area contributed by atoms with E-state index >= 15 is 0 Å². The van der Waals surface area contributed by atoms with Crippen molar-refractivity contribution in [1.82, 2.24) is 4.90 Å². The summed E-state index contributed by atoms with van der Waals surface area (Å²) < 4.78 is 39.4. The molecule has 1 amide bonds. The van der Waals surface area contributed by atoms with Gasteiger partial charge < -0.3 is 10.0 Å². The van der Waals surface area contributed by atoms with Crippen LogP contribution in [-0.4, -0.2) is 40.5 Å². The first-order valence-corrected chi connectivity index (χ1v) is 7.34. The number of halogens is 3. The number of benzene rings is 1. The fourth-order valence-electron chi connectivity index (χ4n) is 2.63. The summed E-state index contributed by atoms with van der Waals surface area (Å²) in [6.07, 6.45) is 0.0650. The van der Waals surface area contributed by atoms with Crippen molar-refractivity contribution in [3.63, 3.8) is 0 Å². The third kappa shape index (κ3) is 4.22. The number of alkyl halides is 2. The second-order valence-corrected chi connectivity index (χ2v) is 6.07. The van der Waals surface area contributed by atoms with Gasteiger partial charge in [0.05, 0.1) is 11.2 Å². The van der Waals surface area contributed by atoms with Gasteiger partial charge in [0, 0.05) is 19.5 Å². The number of rotatable bonds is 4. The van der Waals surface area contributed by atoms with Crippen molar-refractivity contribution in [2.75, 3.05) is 13.1 Å². The molecule has 1 aliphatic rings. The molecule has 3 nitrogen and oxygen atoms in total. The van der Waals surface area contributed by atoms with Gasteiger partial charge in [0.1, 0.15) is 5.82 Å².